The van der Waals surface area contributed by atoms with Gasteiger partial charge in [-0.2, -0.15) is 0 Å². The number of Topliss-reactive ketones (excluding diaryl/α,β-unsaturated/α-hetero) is 1. The predicted molar refractivity (Wildman–Crippen MR) is 88.7 cm³/mol. The number of methoxy groups -OCH3 is 1. The van der Waals surface area contributed by atoms with Gasteiger partial charge in [0, 0.05) is 11.0 Å². The Hall–Kier alpha value is -1.77. The van der Waals surface area contributed by atoms with Crippen LogP contribution in [0.4, 0.5) is 0 Å². The van der Waals surface area contributed by atoms with Crippen LogP contribution in [0.3, 0.4) is 0 Å². The van der Waals surface area contributed by atoms with Crippen LogP contribution in [-0.2, 0) is 11.2 Å². The molecular formula is C20H24O3. The molecular weight excluding hydrogens is 288 g/mol. The summed E-state index contributed by atoms with van der Waals surface area (Å²) < 4.78 is 5.36. The third-order valence-electron chi connectivity index (χ3n) is 6.73. The summed E-state index contributed by atoms with van der Waals surface area (Å²) in [6, 6.07) is 6.47. The van der Waals surface area contributed by atoms with Crippen molar-refractivity contribution in [2.75, 3.05) is 7.11 Å². The smallest absolute Gasteiger partial charge is 0.168 e. The molecule has 0 heterocycles. The zero-order chi connectivity index (χ0) is 16.2. The fraction of sp³-hybridized carbons (Fsp3) is 0.550. The van der Waals surface area contributed by atoms with E-state index < -0.39 is 0 Å². The van der Waals surface area contributed by atoms with E-state index in [0.29, 0.717) is 23.3 Å². The molecule has 1 aromatic carbocycles. The van der Waals surface area contributed by atoms with E-state index in [0.717, 1.165) is 44.1 Å². The first-order valence-electron chi connectivity index (χ1n) is 8.63. The molecule has 0 spiro atoms. The summed E-state index contributed by atoms with van der Waals surface area (Å²) in [5, 5.41) is 9.41. The number of aliphatic hydroxyl groups excluding tert-OH is 1. The van der Waals surface area contributed by atoms with E-state index in [1.165, 1.54) is 11.1 Å². The molecule has 1 N–H and O–H groups in total. The van der Waals surface area contributed by atoms with Crippen LogP contribution < -0.4 is 4.74 Å². The van der Waals surface area contributed by atoms with Gasteiger partial charge >= 0.3 is 0 Å². The standard InChI is InChI=1S/C20H24O3/c1-20-8-7-16-15-6-4-14(23-2)9-12(15)3-5-17(16)18(20)10-13(11-21)19(20)22/h4,6,9,11,16-18,21H,3,5,7-8,10H2,1-2H3/t16-,17-,18+,20+/m1/s1. The molecule has 0 aliphatic heterocycles. The number of allylic oxidation sites excluding steroid dienone is 1. The number of hydrogen-bond acceptors (Lipinski definition) is 3. The van der Waals surface area contributed by atoms with Crippen molar-refractivity contribution in [3.63, 3.8) is 0 Å². The van der Waals surface area contributed by atoms with Crippen molar-refractivity contribution in [3.8, 4) is 5.75 Å². The van der Waals surface area contributed by atoms with E-state index >= 15 is 0 Å². The quantitative estimate of drug-likeness (QED) is 0.625. The van der Waals surface area contributed by atoms with Gasteiger partial charge in [0.25, 0.3) is 0 Å². The van der Waals surface area contributed by atoms with E-state index in [9.17, 15) is 9.90 Å². The summed E-state index contributed by atoms with van der Waals surface area (Å²) >= 11 is 0. The van der Waals surface area contributed by atoms with Gasteiger partial charge in [0.05, 0.1) is 13.4 Å². The molecule has 23 heavy (non-hydrogen) atoms. The molecule has 0 unspecified atom stereocenters. The molecule has 1 aromatic rings. The average molecular weight is 312 g/mol. The number of rotatable bonds is 1. The first-order valence-corrected chi connectivity index (χ1v) is 8.63. The lowest BCUT2D eigenvalue weighted by Gasteiger charge is -2.48. The van der Waals surface area contributed by atoms with Crippen LogP contribution in [0.5, 0.6) is 5.75 Å². The topological polar surface area (TPSA) is 46.5 Å². The van der Waals surface area contributed by atoms with Crippen LogP contribution in [-0.4, -0.2) is 18.0 Å². The number of aliphatic hydroxyl groups is 1. The van der Waals surface area contributed by atoms with Crippen molar-refractivity contribution in [1.29, 1.82) is 0 Å². The minimum absolute atomic E-state index is 0.184. The Labute approximate surface area is 137 Å². The zero-order valence-corrected chi connectivity index (χ0v) is 13.8. The second-order valence-corrected chi connectivity index (χ2v) is 7.62. The predicted octanol–water partition coefficient (Wildman–Crippen LogP) is 4.17. The van der Waals surface area contributed by atoms with Crippen molar-refractivity contribution in [2.45, 2.75) is 44.9 Å². The van der Waals surface area contributed by atoms with Gasteiger partial charge in [-0.15, -0.1) is 0 Å². The maximum absolute atomic E-state index is 12.7. The monoisotopic (exact) mass is 312 g/mol. The first kappa shape index (κ1) is 14.8. The Bertz CT molecular complexity index is 690. The lowest BCUT2D eigenvalue weighted by Crippen LogP contribution is -2.42. The summed E-state index contributed by atoms with van der Waals surface area (Å²) in [5.41, 5.74) is 3.24. The number of aryl methyl sites for hydroxylation is 1. The van der Waals surface area contributed by atoms with Crippen molar-refractivity contribution in [1.82, 2.24) is 0 Å². The van der Waals surface area contributed by atoms with Crippen molar-refractivity contribution in [2.24, 2.45) is 17.3 Å². The van der Waals surface area contributed by atoms with Crippen LogP contribution in [0.1, 0.15) is 49.7 Å². The molecule has 4 atom stereocenters. The second kappa shape index (κ2) is 5.12. The van der Waals surface area contributed by atoms with Gasteiger partial charge in [0.2, 0.25) is 0 Å². The van der Waals surface area contributed by atoms with E-state index in [1.54, 1.807) is 7.11 Å². The Morgan fingerprint density at radius 3 is 2.91 bits per heavy atom. The van der Waals surface area contributed by atoms with Crippen LogP contribution in [0.15, 0.2) is 30.0 Å². The fourth-order valence-corrected chi connectivity index (χ4v) is 5.47. The maximum Gasteiger partial charge on any atom is 0.168 e. The lowest BCUT2D eigenvalue weighted by molar-refractivity contribution is -0.127. The minimum atomic E-state index is -0.264. The highest BCUT2D eigenvalue weighted by Gasteiger charge is 2.56. The van der Waals surface area contributed by atoms with Gasteiger partial charge in [-0.3, -0.25) is 4.79 Å². The van der Waals surface area contributed by atoms with E-state index in [1.807, 2.05) is 0 Å². The fourth-order valence-electron chi connectivity index (χ4n) is 5.47. The largest absolute Gasteiger partial charge is 0.515 e. The minimum Gasteiger partial charge on any atom is -0.515 e. The number of ether oxygens (including phenoxy) is 1. The van der Waals surface area contributed by atoms with Gasteiger partial charge in [0.1, 0.15) is 5.75 Å². The van der Waals surface area contributed by atoms with Gasteiger partial charge < -0.3 is 9.84 Å². The van der Waals surface area contributed by atoms with Crippen LogP contribution in [0, 0.1) is 17.3 Å². The summed E-state index contributed by atoms with van der Waals surface area (Å²) in [6.45, 7) is 2.12. The van der Waals surface area contributed by atoms with Crippen LogP contribution >= 0.6 is 0 Å². The summed E-state index contributed by atoms with van der Waals surface area (Å²) in [6.07, 6.45) is 6.01. The van der Waals surface area contributed by atoms with Crippen LogP contribution in [0.25, 0.3) is 0 Å². The molecule has 2 fully saturated rings. The van der Waals surface area contributed by atoms with Gasteiger partial charge in [-0.05, 0) is 73.1 Å². The van der Waals surface area contributed by atoms with E-state index in [4.69, 9.17) is 4.74 Å². The maximum atomic E-state index is 12.7. The number of benzene rings is 1. The first-order chi connectivity index (χ1) is 11.1. The highest BCUT2D eigenvalue weighted by Crippen LogP contribution is 2.60. The highest BCUT2D eigenvalue weighted by atomic mass is 16.5. The molecule has 3 aliphatic rings. The van der Waals surface area contributed by atoms with Gasteiger partial charge in [-0.1, -0.05) is 13.0 Å². The van der Waals surface area contributed by atoms with Crippen LogP contribution in [0.2, 0.25) is 0 Å². The third kappa shape index (κ3) is 1.98. The number of carbonyl (C=O) groups is 1. The Morgan fingerprint density at radius 2 is 2.17 bits per heavy atom. The average Bonchev–Trinajstić information content (AvgIpc) is 2.85. The molecule has 4 rings (SSSR count). The number of fused-ring (bicyclic) bond motifs is 5. The number of carbonyl (C=O) groups excluding carboxylic acids is 1. The van der Waals surface area contributed by atoms with Gasteiger partial charge in [-0.25, -0.2) is 0 Å². The molecule has 122 valence electrons. The second-order valence-electron chi connectivity index (χ2n) is 7.62. The van der Waals surface area contributed by atoms with Gasteiger partial charge in [0.15, 0.2) is 5.78 Å². The Kier molecular flexibility index (Phi) is 3.29. The van der Waals surface area contributed by atoms with Crippen molar-refractivity contribution in [3.05, 3.63) is 41.2 Å². The number of ketones is 1. The molecule has 3 aliphatic carbocycles. The SMILES string of the molecule is COc1ccc2c(c1)CC[C@@H]1[C@@H]2CC[C@]2(C)C(=O)C(=CO)C[C@@H]12. The Morgan fingerprint density at radius 1 is 1.35 bits per heavy atom. The zero-order valence-electron chi connectivity index (χ0n) is 13.8. The third-order valence-corrected chi connectivity index (χ3v) is 6.73. The summed E-state index contributed by atoms with van der Waals surface area (Å²) in [5.74, 6) is 2.60. The lowest BCUT2D eigenvalue weighted by atomic mass is 9.55. The highest BCUT2D eigenvalue weighted by molar-refractivity contribution is 6.02. The van der Waals surface area contributed by atoms with Crippen molar-refractivity contribution < 1.29 is 14.6 Å². The molecule has 0 aromatic heterocycles. The summed E-state index contributed by atoms with van der Waals surface area (Å²) in [7, 11) is 1.71. The normalized spacial score (nSPS) is 37.2. The molecule has 3 heteroatoms. The Balaban J connectivity index is 1.71. The summed E-state index contributed by atoms with van der Waals surface area (Å²) in [4.78, 5) is 12.7. The molecule has 0 radical (unpaired) electrons. The molecule has 0 saturated heterocycles. The number of hydrogen-bond donors (Lipinski definition) is 1. The molecule has 0 bridgehead atoms. The van der Waals surface area contributed by atoms with E-state index in [-0.39, 0.29) is 11.2 Å². The van der Waals surface area contributed by atoms with Crippen molar-refractivity contribution >= 4 is 5.78 Å². The molecule has 0 amide bonds. The molecule has 2 saturated carbocycles. The van der Waals surface area contributed by atoms with E-state index in [2.05, 4.69) is 25.1 Å². The molecule has 3 nitrogen and oxygen atoms in total.